The topological polar surface area (TPSA) is 76.7 Å². The van der Waals surface area contributed by atoms with Crippen LogP contribution in [0.3, 0.4) is 0 Å². The van der Waals surface area contributed by atoms with Gasteiger partial charge in [-0.2, -0.15) is 0 Å². The number of ether oxygens (including phenoxy) is 2. The molecule has 1 atom stereocenters. The largest absolute Gasteiger partial charge is 0.483 e. The maximum atomic E-state index is 12.3. The van der Waals surface area contributed by atoms with Gasteiger partial charge in [0.05, 0.1) is 0 Å². The van der Waals surface area contributed by atoms with E-state index in [1.807, 2.05) is 67.6 Å². The highest BCUT2D eigenvalue weighted by Crippen LogP contribution is 2.27. The molecule has 6 heteroatoms. The van der Waals surface area contributed by atoms with Gasteiger partial charge in [-0.05, 0) is 59.9 Å². The molecule has 0 aliphatic heterocycles. The van der Waals surface area contributed by atoms with Crippen molar-refractivity contribution < 1.29 is 19.1 Å². The van der Waals surface area contributed by atoms with E-state index >= 15 is 0 Å². The first-order valence-electron chi connectivity index (χ1n) is 10.3. The molecular formula is C25H28N2O4. The molecule has 162 valence electrons. The van der Waals surface area contributed by atoms with Gasteiger partial charge in [0.15, 0.2) is 12.7 Å². The third kappa shape index (κ3) is 5.98. The van der Waals surface area contributed by atoms with Gasteiger partial charge in [-0.25, -0.2) is 0 Å². The zero-order chi connectivity index (χ0) is 22.4. The summed E-state index contributed by atoms with van der Waals surface area (Å²) in [5.41, 5.74) is 6.83. The molecule has 3 rings (SSSR count). The predicted molar refractivity (Wildman–Crippen MR) is 121 cm³/mol. The lowest BCUT2D eigenvalue weighted by Gasteiger charge is -2.17. The molecule has 0 spiro atoms. The lowest BCUT2D eigenvalue weighted by molar-refractivity contribution is -0.133. The van der Waals surface area contributed by atoms with Crippen LogP contribution in [0.1, 0.15) is 37.8 Å². The highest BCUT2D eigenvalue weighted by molar-refractivity contribution is 5.86. The summed E-state index contributed by atoms with van der Waals surface area (Å²) in [5, 5.41) is 2.11. The van der Waals surface area contributed by atoms with Crippen LogP contribution >= 0.6 is 0 Å². The minimum absolute atomic E-state index is 0.205. The third-order valence-corrected chi connectivity index (χ3v) is 4.88. The van der Waals surface area contributed by atoms with E-state index in [4.69, 9.17) is 9.47 Å². The monoisotopic (exact) mass is 420 g/mol. The van der Waals surface area contributed by atoms with Gasteiger partial charge in [-0.1, -0.05) is 56.3 Å². The second kappa shape index (κ2) is 9.98. The van der Waals surface area contributed by atoms with Gasteiger partial charge in [0.2, 0.25) is 0 Å². The normalized spacial score (nSPS) is 11.8. The maximum absolute atomic E-state index is 12.3. The Morgan fingerprint density at radius 1 is 0.903 bits per heavy atom. The quantitative estimate of drug-likeness (QED) is 0.560. The summed E-state index contributed by atoms with van der Waals surface area (Å²) >= 11 is 0. The van der Waals surface area contributed by atoms with E-state index in [0.717, 1.165) is 21.9 Å². The zero-order valence-electron chi connectivity index (χ0n) is 18.3. The number of carbonyl (C=O) groups excluding carboxylic acids is 2. The molecule has 0 heterocycles. The van der Waals surface area contributed by atoms with Gasteiger partial charge < -0.3 is 9.47 Å². The fourth-order valence-electron chi connectivity index (χ4n) is 3.15. The molecule has 31 heavy (non-hydrogen) atoms. The number of benzene rings is 3. The Kier molecular flexibility index (Phi) is 7.13. The summed E-state index contributed by atoms with van der Waals surface area (Å²) in [5.74, 6) is 0.607. The first kappa shape index (κ1) is 22.2. The standard InChI is InChI=1S/C25H28N2O4/c1-16(2)22-12-9-17(3)13-23(22)30-15-24(28)26-27-25(29)18(4)31-21-11-10-19-7-5-6-8-20(19)14-21/h5-14,16,18H,15H2,1-4H3,(H,26,28)(H,27,29)/t18-/m1/s1. The van der Waals surface area contributed by atoms with Crippen molar-refractivity contribution in [2.45, 2.75) is 39.7 Å². The molecule has 0 saturated carbocycles. The number of hydrogen-bond acceptors (Lipinski definition) is 4. The van der Waals surface area contributed by atoms with Crippen molar-refractivity contribution in [2.24, 2.45) is 0 Å². The zero-order valence-corrected chi connectivity index (χ0v) is 18.3. The lowest BCUT2D eigenvalue weighted by atomic mass is 10.0. The molecule has 3 aromatic rings. The maximum Gasteiger partial charge on any atom is 0.279 e. The Bertz CT molecular complexity index is 1080. The number of fused-ring (bicyclic) bond motifs is 1. The van der Waals surface area contributed by atoms with Crippen molar-refractivity contribution >= 4 is 22.6 Å². The highest BCUT2D eigenvalue weighted by atomic mass is 16.5. The van der Waals surface area contributed by atoms with Crippen molar-refractivity contribution in [3.63, 3.8) is 0 Å². The summed E-state index contributed by atoms with van der Waals surface area (Å²) in [7, 11) is 0. The van der Waals surface area contributed by atoms with E-state index in [-0.39, 0.29) is 12.5 Å². The minimum atomic E-state index is -0.785. The summed E-state index contributed by atoms with van der Waals surface area (Å²) in [6.45, 7) is 7.51. The summed E-state index contributed by atoms with van der Waals surface area (Å²) in [6.07, 6.45) is -0.785. The van der Waals surface area contributed by atoms with Crippen molar-refractivity contribution in [1.29, 1.82) is 0 Å². The van der Waals surface area contributed by atoms with Crippen LogP contribution in [0.4, 0.5) is 0 Å². The molecule has 2 N–H and O–H groups in total. The van der Waals surface area contributed by atoms with Crippen LogP contribution in [0.15, 0.2) is 60.7 Å². The Morgan fingerprint density at radius 2 is 1.65 bits per heavy atom. The second-order valence-electron chi connectivity index (χ2n) is 7.79. The van der Waals surface area contributed by atoms with E-state index in [1.54, 1.807) is 6.92 Å². The minimum Gasteiger partial charge on any atom is -0.483 e. The Balaban J connectivity index is 1.49. The molecular weight excluding hydrogens is 392 g/mol. The van der Waals surface area contributed by atoms with E-state index in [0.29, 0.717) is 11.5 Å². The first-order chi connectivity index (χ1) is 14.8. The smallest absolute Gasteiger partial charge is 0.279 e. The Morgan fingerprint density at radius 3 is 2.39 bits per heavy atom. The molecule has 2 amide bonds. The average molecular weight is 421 g/mol. The molecule has 0 unspecified atom stereocenters. The molecule has 0 aliphatic rings. The summed E-state index contributed by atoms with van der Waals surface area (Å²) in [4.78, 5) is 24.4. The van der Waals surface area contributed by atoms with Crippen LogP contribution < -0.4 is 20.3 Å². The highest BCUT2D eigenvalue weighted by Gasteiger charge is 2.16. The number of nitrogens with one attached hydrogen (secondary N) is 2. The number of hydrogen-bond donors (Lipinski definition) is 2. The first-order valence-corrected chi connectivity index (χ1v) is 10.3. The number of amides is 2. The van der Waals surface area contributed by atoms with Gasteiger partial charge in [0.1, 0.15) is 11.5 Å². The fraction of sp³-hybridized carbons (Fsp3) is 0.280. The van der Waals surface area contributed by atoms with Crippen LogP contribution in [0, 0.1) is 6.92 Å². The number of hydrazine groups is 1. The molecule has 0 aliphatic carbocycles. The number of rotatable bonds is 7. The second-order valence-corrected chi connectivity index (χ2v) is 7.79. The SMILES string of the molecule is Cc1ccc(C(C)C)c(OCC(=O)NNC(=O)[C@@H](C)Oc2ccc3ccccc3c2)c1. The van der Waals surface area contributed by atoms with Crippen LogP contribution in [0.2, 0.25) is 0 Å². The van der Waals surface area contributed by atoms with Crippen LogP contribution in [-0.4, -0.2) is 24.5 Å². The summed E-state index contributed by atoms with van der Waals surface area (Å²) in [6, 6.07) is 19.4. The Hall–Kier alpha value is -3.54. The van der Waals surface area contributed by atoms with Crippen LogP contribution in [-0.2, 0) is 9.59 Å². The van der Waals surface area contributed by atoms with E-state index in [1.165, 1.54) is 0 Å². The van der Waals surface area contributed by atoms with Crippen molar-refractivity contribution in [1.82, 2.24) is 10.9 Å². The van der Waals surface area contributed by atoms with Gasteiger partial charge in [0, 0.05) is 0 Å². The molecule has 3 aromatic carbocycles. The number of aryl methyl sites for hydroxylation is 1. The van der Waals surface area contributed by atoms with Crippen molar-refractivity contribution in [3.05, 3.63) is 71.8 Å². The van der Waals surface area contributed by atoms with Crippen molar-refractivity contribution in [3.8, 4) is 11.5 Å². The van der Waals surface area contributed by atoms with Gasteiger partial charge in [0.25, 0.3) is 11.8 Å². The number of carbonyl (C=O) groups is 2. The fourth-order valence-corrected chi connectivity index (χ4v) is 3.15. The molecule has 0 saturated heterocycles. The predicted octanol–water partition coefficient (Wildman–Crippen LogP) is 4.27. The molecule has 6 nitrogen and oxygen atoms in total. The van der Waals surface area contributed by atoms with Crippen molar-refractivity contribution in [2.75, 3.05) is 6.61 Å². The molecule has 0 aromatic heterocycles. The van der Waals surface area contributed by atoms with E-state index in [9.17, 15) is 9.59 Å². The molecule has 0 radical (unpaired) electrons. The average Bonchev–Trinajstić information content (AvgIpc) is 2.75. The van der Waals surface area contributed by atoms with Gasteiger partial charge in [-0.15, -0.1) is 0 Å². The molecule has 0 fully saturated rings. The van der Waals surface area contributed by atoms with Crippen LogP contribution in [0.5, 0.6) is 11.5 Å². The lowest BCUT2D eigenvalue weighted by Crippen LogP contribution is -2.48. The van der Waals surface area contributed by atoms with Gasteiger partial charge in [-0.3, -0.25) is 20.4 Å². The summed E-state index contributed by atoms with van der Waals surface area (Å²) < 4.78 is 11.4. The van der Waals surface area contributed by atoms with Gasteiger partial charge >= 0.3 is 0 Å². The van der Waals surface area contributed by atoms with E-state index < -0.39 is 17.9 Å². The Labute approximate surface area is 182 Å². The molecule has 0 bridgehead atoms. The third-order valence-electron chi connectivity index (χ3n) is 4.88. The van der Waals surface area contributed by atoms with Crippen LogP contribution in [0.25, 0.3) is 10.8 Å². The van der Waals surface area contributed by atoms with E-state index in [2.05, 4.69) is 24.7 Å².